The van der Waals surface area contributed by atoms with Crippen molar-refractivity contribution in [3.63, 3.8) is 0 Å². The molecule has 0 aliphatic carbocycles. The maximum absolute atomic E-state index is 13.3. The number of thioether (sulfide) groups is 1. The van der Waals surface area contributed by atoms with Gasteiger partial charge in [-0.3, -0.25) is 14.2 Å². The topological polar surface area (TPSA) is 91.4 Å². The molecule has 2 aromatic carbocycles. The maximum Gasteiger partial charge on any atom is 0.337 e. The van der Waals surface area contributed by atoms with Crippen molar-refractivity contribution >= 4 is 46.0 Å². The van der Waals surface area contributed by atoms with Crippen molar-refractivity contribution in [2.75, 3.05) is 7.11 Å². The molecular weight excluding hydrogens is 464 g/mol. The average molecular weight is 483 g/mol. The van der Waals surface area contributed by atoms with Crippen LogP contribution >= 0.6 is 23.4 Å². The van der Waals surface area contributed by atoms with Crippen LogP contribution in [0.4, 0.5) is 0 Å². The fourth-order valence-corrected chi connectivity index (χ4v) is 4.50. The Kier molecular flexibility index (Phi) is 6.67. The molecule has 0 saturated carbocycles. The minimum absolute atomic E-state index is 0.147. The van der Waals surface area contributed by atoms with E-state index in [2.05, 4.69) is 4.98 Å². The number of esters is 1. The van der Waals surface area contributed by atoms with Crippen LogP contribution in [0.1, 0.15) is 33.4 Å². The van der Waals surface area contributed by atoms with Crippen molar-refractivity contribution in [2.45, 2.75) is 23.9 Å². The molecule has 9 heteroatoms. The number of rotatable bonds is 7. The lowest BCUT2D eigenvalue weighted by molar-refractivity contribution is 0.0600. The van der Waals surface area contributed by atoms with Gasteiger partial charge in [0, 0.05) is 10.6 Å². The molecule has 0 radical (unpaired) electrons. The zero-order chi connectivity index (χ0) is 23.5. The van der Waals surface area contributed by atoms with Crippen molar-refractivity contribution in [2.24, 2.45) is 0 Å². The summed E-state index contributed by atoms with van der Waals surface area (Å²) < 4.78 is 11.7. The van der Waals surface area contributed by atoms with Gasteiger partial charge in [0.25, 0.3) is 5.56 Å². The number of carbonyl (C=O) groups excluding carboxylic acids is 2. The number of carbonyl (C=O) groups is 2. The zero-order valence-corrected chi connectivity index (χ0v) is 19.4. The Balaban J connectivity index is 1.78. The summed E-state index contributed by atoms with van der Waals surface area (Å²) in [5.41, 5.74) is 0.775. The first kappa shape index (κ1) is 22.8. The van der Waals surface area contributed by atoms with E-state index in [4.69, 9.17) is 20.8 Å². The number of hydrogen-bond donors (Lipinski definition) is 0. The number of nitrogens with zero attached hydrogens (tertiary/aromatic N) is 2. The molecule has 0 saturated heterocycles. The number of Topliss-reactive ketones (excluding diaryl/α,β-unsaturated/α-hetero) is 1. The summed E-state index contributed by atoms with van der Waals surface area (Å²) in [5.74, 6) is -0.109. The molecule has 2 heterocycles. The molecule has 7 nitrogen and oxygen atoms in total. The standard InChI is InChI=1S/C24H19ClN2O5S/c1-14(21(28)15-5-3-6-17(25)11-15)33-24-26-20-12-16(23(30)31-2)8-9-19(20)22(29)27(24)13-18-7-4-10-32-18/h3-12,14H,13H2,1-2H3. The van der Waals surface area contributed by atoms with Crippen molar-refractivity contribution < 1.29 is 18.7 Å². The molecule has 168 valence electrons. The number of methoxy groups -OCH3 is 1. The van der Waals surface area contributed by atoms with E-state index in [1.165, 1.54) is 30.1 Å². The van der Waals surface area contributed by atoms with Gasteiger partial charge >= 0.3 is 5.97 Å². The number of benzene rings is 2. The minimum Gasteiger partial charge on any atom is -0.467 e. The molecule has 2 aromatic heterocycles. The van der Waals surface area contributed by atoms with E-state index in [1.807, 2.05) is 0 Å². The fourth-order valence-electron chi connectivity index (χ4n) is 3.32. The van der Waals surface area contributed by atoms with Gasteiger partial charge < -0.3 is 9.15 Å². The van der Waals surface area contributed by atoms with Crippen molar-refractivity contribution in [3.8, 4) is 0 Å². The molecule has 0 spiro atoms. The SMILES string of the molecule is COC(=O)c1ccc2c(=O)n(Cc3ccco3)c(SC(C)C(=O)c3cccc(Cl)c3)nc2c1. The maximum atomic E-state index is 13.3. The summed E-state index contributed by atoms with van der Waals surface area (Å²) in [4.78, 5) is 42.9. The van der Waals surface area contributed by atoms with Gasteiger partial charge in [0.15, 0.2) is 10.9 Å². The van der Waals surface area contributed by atoms with Gasteiger partial charge in [0.2, 0.25) is 0 Å². The second-order valence-electron chi connectivity index (χ2n) is 7.22. The smallest absolute Gasteiger partial charge is 0.337 e. The van der Waals surface area contributed by atoms with Crippen molar-refractivity contribution in [1.82, 2.24) is 9.55 Å². The molecule has 33 heavy (non-hydrogen) atoms. The molecule has 0 fully saturated rings. The highest BCUT2D eigenvalue weighted by molar-refractivity contribution is 8.00. The quantitative estimate of drug-likeness (QED) is 0.161. The number of ether oxygens (including phenoxy) is 1. The monoisotopic (exact) mass is 482 g/mol. The lowest BCUT2D eigenvalue weighted by Crippen LogP contribution is -2.25. The van der Waals surface area contributed by atoms with E-state index in [-0.39, 0.29) is 23.5 Å². The number of halogens is 1. The summed E-state index contributed by atoms with van der Waals surface area (Å²) in [7, 11) is 1.28. The Hall–Kier alpha value is -3.36. The van der Waals surface area contributed by atoms with Gasteiger partial charge in [-0.25, -0.2) is 9.78 Å². The fraction of sp³-hybridized carbons (Fsp3) is 0.167. The van der Waals surface area contributed by atoms with Crippen LogP contribution in [0.2, 0.25) is 5.02 Å². The summed E-state index contributed by atoms with van der Waals surface area (Å²) in [6.07, 6.45) is 1.52. The van der Waals surface area contributed by atoms with Gasteiger partial charge in [-0.2, -0.15) is 0 Å². The molecule has 0 amide bonds. The van der Waals surface area contributed by atoms with Gasteiger partial charge in [-0.05, 0) is 49.4 Å². The molecule has 0 bridgehead atoms. The predicted octanol–water partition coefficient (Wildman–Crippen LogP) is 4.84. The highest BCUT2D eigenvalue weighted by atomic mass is 35.5. The Morgan fingerprint density at radius 2 is 1.97 bits per heavy atom. The van der Waals surface area contributed by atoms with E-state index >= 15 is 0 Å². The normalized spacial score (nSPS) is 12.0. The van der Waals surface area contributed by atoms with Crippen LogP contribution in [-0.4, -0.2) is 33.7 Å². The third-order valence-electron chi connectivity index (χ3n) is 5.00. The van der Waals surface area contributed by atoms with Crippen LogP contribution in [0, 0.1) is 0 Å². The average Bonchev–Trinajstić information content (AvgIpc) is 3.33. The molecule has 1 unspecified atom stereocenters. The Morgan fingerprint density at radius 3 is 2.67 bits per heavy atom. The van der Waals surface area contributed by atoms with Crippen LogP contribution in [0.3, 0.4) is 0 Å². The first-order chi connectivity index (χ1) is 15.9. The summed E-state index contributed by atoms with van der Waals surface area (Å²) in [6.45, 7) is 1.89. The van der Waals surface area contributed by atoms with E-state index in [1.54, 1.807) is 49.4 Å². The number of furan rings is 1. The number of fused-ring (bicyclic) bond motifs is 1. The molecule has 0 aliphatic rings. The van der Waals surface area contributed by atoms with Crippen LogP contribution < -0.4 is 5.56 Å². The summed E-state index contributed by atoms with van der Waals surface area (Å²) in [6, 6.07) is 14.8. The highest BCUT2D eigenvalue weighted by Crippen LogP contribution is 2.27. The molecule has 0 N–H and O–H groups in total. The van der Waals surface area contributed by atoms with E-state index in [0.29, 0.717) is 32.4 Å². The summed E-state index contributed by atoms with van der Waals surface area (Å²) in [5, 5.41) is 0.576. The van der Waals surface area contributed by atoms with Crippen LogP contribution in [0.25, 0.3) is 10.9 Å². The Bertz CT molecular complexity index is 1400. The molecule has 1 atom stereocenters. The van der Waals surface area contributed by atoms with Gasteiger partial charge in [0.05, 0.1) is 41.6 Å². The van der Waals surface area contributed by atoms with Gasteiger partial charge in [-0.1, -0.05) is 35.5 Å². The van der Waals surface area contributed by atoms with Crippen molar-refractivity contribution in [1.29, 1.82) is 0 Å². The Morgan fingerprint density at radius 1 is 1.15 bits per heavy atom. The van der Waals surface area contributed by atoms with E-state index < -0.39 is 11.2 Å². The predicted molar refractivity (Wildman–Crippen MR) is 126 cm³/mol. The summed E-state index contributed by atoms with van der Waals surface area (Å²) >= 11 is 7.18. The second kappa shape index (κ2) is 9.64. The van der Waals surface area contributed by atoms with E-state index in [0.717, 1.165) is 11.8 Å². The first-order valence-electron chi connectivity index (χ1n) is 9.99. The van der Waals surface area contributed by atoms with Crippen molar-refractivity contribution in [3.05, 3.63) is 93.1 Å². The molecule has 4 rings (SSSR count). The lowest BCUT2D eigenvalue weighted by atomic mass is 10.1. The number of hydrogen-bond acceptors (Lipinski definition) is 7. The highest BCUT2D eigenvalue weighted by Gasteiger charge is 2.22. The number of aromatic nitrogens is 2. The molecular formula is C24H19ClN2O5S. The lowest BCUT2D eigenvalue weighted by Gasteiger charge is -2.16. The first-order valence-corrected chi connectivity index (χ1v) is 11.2. The third-order valence-corrected chi connectivity index (χ3v) is 6.32. The molecule has 0 aliphatic heterocycles. The second-order valence-corrected chi connectivity index (χ2v) is 8.97. The third kappa shape index (κ3) is 4.86. The largest absolute Gasteiger partial charge is 0.467 e. The minimum atomic E-state index is -0.556. The van der Waals surface area contributed by atoms with E-state index in [9.17, 15) is 14.4 Å². The molecule has 4 aromatic rings. The zero-order valence-electron chi connectivity index (χ0n) is 17.8. The van der Waals surface area contributed by atoms with Gasteiger partial charge in [-0.15, -0.1) is 0 Å². The van der Waals surface area contributed by atoms with Gasteiger partial charge in [0.1, 0.15) is 5.76 Å². The van der Waals surface area contributed by atoms with Crippen LogP contribution in [-0.2, 0) is 11.3 Å². The van der Waals surface area contributed by atoms with Crippen LogP contribution in [0.15, 0.2) is 75.2 Å². The Labute approximate surface area is 198 Å². The number of ketones is 1. The van der Waals surface area contributed by atoms with Crippen LogP contribution in [0.5, 0.6) is 0 Å².